The maximum atomic E-state index is 11.4. The van der Waals surface area contributed by atoms with E-state index in [0.717, 1.165) is 0 Å². The average Bonchev–Trinajstić information content (AvgIpc) is 2.39. The first-order chi connectivity index (χ1) is 9.13. The number of hydrogen-bond donors (Lipinski definition) is 3. The van der Waals surface area contributed by atoms with Crippen molar-refractivity contribution in [2.45, 2.75) is 6.92 Å². The van der Waals surface area contributed by atoms with Crippen LogP contribution in [0.1, 0.15) is 17.4 Å². The molecule has 0 radical (unpaired) electrons. The van der Waals surface area contributed by atoms with Gasteiger partial charge >= 0.3 is 0 Å². The zero-order chi connectivity index (χ0) is 14.1. The molecule has 0 unspecified atom stereocenters. The standard InChI is InChI=1S/C11H17N5O3/c1-2-13-11(18)8-3-4-10(16-15-8)14-5-6-19-7-9(12)17/h3-4H,2,5-7H2,1H3,(H2,12,17)(H,13,18)(H,14,16). The lowest BCUT2D eigenvalue weighted by Gasteiger charge is -2.05. The Labute approximate surface area is 110 Å². The SMILES string of the molecule is CCNC(=O)c1ccc(NCCOCC(N)=O)nn1. The van der Waals surface area contributed by atoms with E-state index >= 15 is 0 Å². The largest absolute Gasteiger partial charge is 0.370 e. The summed E-state index contributed by atoms with van der Waals surface area (Å²) in [4.78, 5) is 21.8. The van der Waals surface area contributed by atoms with Crippen LogP contribution in [-0.4, -0.2) is 48.3 Å². The zero-order valence-corrected chi connectivity index (χ0v) is 10.7. The number of anilines is 1. The smallest absolute Gasteiger partial charge is 0.271 e. The quantitative estimate of drug-likeness (QED) is 0.527. The highest BCUT2D eigenvalue weighted by Gasteiger charge is 2.06. The van der Waals surface area contributed by atoms with Gasteiger partial charge in [0, 0.05) is 13.1 Å². The van der Waals surface area contributed by atoms with Crippen molar-refractivity contribution >= 4 is 17.6 Å². The van der Waals surface area contributed by atoms with E-state index < -0.39 is 5.91 Å². The monoisotopic (exact) mass is 267 g/mol. The van der Waals surface area contributed by atoms with Crippen molar-refractivity contribution in [3.8, 4) is 0 Å². The Bertz CT molecular complexity index is 421. The fraction of sp³-hybridized carbons (Fsp3) is 0.455. The Morgan fingerprint density at radius 3 is 2.74 bits per heavy atom. The molecular weight excluding hydrogens is 250 g/mol. The molecule has 2 amide bonds. The summed E-state index contributed by atoms with van der Waals surface area (Å²) in [5, 5.41) is 13.2. The third kappa shape index (κ3) is 5.77. The number of nitrogens with two attached hydrogens (primary N) is 1. The summed E-state index contributed by atoms with van der Waals surface area (Å²) in [5.41, 5.74) is 5.17. The molecule has 0 fully saturated rings. The van der Waals surface area contributed by atoms with E-state index in [1.807, 2.05) is 6.92 Å². The van der Waals surface area contributed by atoms with E-state index in [2.05, 4.69) is 20.8 Å². The van der Waals surface area contributed by atoms with Crippen LogP contribution >= 0.6 is 0 Å². The fourth-order valence-corrected chi connectivity index (χ4v) is 1.22. The molecule has 104 valence electrons. The first-order valence-electron chi connectivity index (χ1n) is 5.85. The van der Waals surface area contributed by atoms with Crippen molar-refractivity contribution in [2.75, 3.05) is 31.6 Å². The lowest BCUT2D eigenvalue weighted by atomic mass is 10.3. The first-order valence-corrected chi connectivity index (χ1v) is 5.85. The molecule has 0 bridgehead atoms. The van der Waals surface area contributed by atoms with Crippen molar-refractivity contribution < 1.29 is 14.3 Å². The van der Waals surface area contributed by atoms with Gasteiger partial charge in [-0.05, 0) is 19.1 Å². The molecule has 8 heteroatoms. The van der Waals surface area contributed by atoms with E-state index in [1.54, 1.807) is 12.1 Å². The predicted molar refractivity (Wildman–Crippen MR) is 68.5 cm³/mol. The third-order valence-corrected chi connectivity index (χ3v) is 2.03. The molecule has 0 aliphatic carbocycles. The molecule has 1 heterocycles. The summed E-state index contributed by atoms with van der Waals surface area (Å²) >= 11 is 0. The lowest BCUT2D eigenvalue weighted by molar-refractivity contribution is -0.122. The number of carbonyl (C=O) groups excluding carboxylic acids is 2. The van der Waals surface area contributed by atoms with Gasteiger partial charge in [0.2, 0.25) is 5.91 Å². The molecule has 0 spiro atoms. The third-order valence-electron chi connectivity index (χ3n) is 2.03. The van der Waals surface area contributed by atoms with Crippen LogP contribution in [0.25, 0.3) is 0 Å². The molecular formula is C11H17N5O3. The highest BCUT2D eigenvalue weighted by atomic mass is 16.5. The Morgan fingerprint density at radius 2 is 2.16 bits per heavy atom. The van der Waals surface area contributed by atoms with Gasteiger partial charge in [-0.2, -0.15) is 0 Å². The second kappa shape index (κ2) is 7.98. The molecule has 0 saturated carbocycles. The van der Waals surface area contributed by atoms with Gasteiger partial charge in [-0.3, -0.25) is 9.59 Å². The number of aromatic nitrogens is 2. The van der Waals surface area contributed by atoms with E-state index in [4.69, 9.17) is 10.5 Å². The minimum absolute atomic E-state index is 0.108. The van der Waals surface area contributed by atoms with Crippen LogP contribution in [0.4, 0.5) is 5.82 Å². The predicted octanol–water partition coefficient (Wildman–Crippen LogP) is -0.860. The topological polar surface area (TPSA) is 119 Å². The van der Waals surface area contributed by atoms with Gasteiger partial charge in [0.05, 0.1) is 6.61 Å². The van der Waals surface area contributed by atoms with Crippen LogP contribution in [0, 0.1) is 0 Å². The van der Waals surface area contributed by atoms with Crippen molar-refractivity contribution in [1.29, 1.82) is 0 Å². The maximum absolute atomic E-state index is 11.4. The van der Waals surface area contributed by atoms with Crippen LogP contribution in [0.15, 0.2) is 12.1 Å². The van der Waals surface area contributed by atoms with E-state index in [1.165, 1.54) is 0 Å². The summed E-state index contributed by atoms with van der Waals surface area (Å²) in [5.74, 6) is -0.242. The maximum Gasteiger partial charge on any atom is 0.271 e. The Morgan fingerprint density at radius 1 is 1.37 bits per heavy atom. The van der Waals surface area contributed by atoms with E-state index in [9.17, 15) is 9.59 Å². The first kappa shape index (κ1) is 14.8. The van der Waals surface area contributed by atoms with Crippen LogP contribution in [0.2, 0.25) is 0 Å². The molecule has 0 aromatic carbocycles. The Kier molecular flexibility index (Phi) is 6.23. The number of carbonyl (C=O) groups is 2. The second-order valence-corrected chi connectivity index (χ2v) is 3.61. The van der Waals surface area contributed by atoms with Crippen molar-refractivity contribution in [3.63, 3.8) is 0 Å². The normalized spacial score (nSPS) is 9.95. The summed E-state index contributed by atoms with van der Waals surface area (Å²) in [6.45, 7) is 3.04. The van der Waals surface area contributed by atoms with E-state index in [-0.39, 0.29) is 18.2 Å². The molecule has 8 nitrogen and oxygen atoms in total. The van der Waals surface area contributed by atoms with Crippen molar-refractivity contribution in [2.24, 2.45) is 5.73 Å². The van der Waals surface area contributed by atoms with Crippen LogP contribution in [0.3, 0.4) is 0 Å². The number of nitrogens with one attached hydrogen (secondary N) is 2. The second-order valence-electron chi connectivity index (χ2n) is 3.61. The summed E-state index contributed by atoms with van der Waals surface area (Å²) < 4.78 is 4.96. The minimum Gasteiger partial charge on any atom is -0.370 e. The molecule has 4 N–H and O–H groups in total. The highest BCUT2D eigenvalue weighted by Crippen LogP contribution is 2.01. The molecule has 0 aliphatic heterocycles. The molecule has 19 heavy (non-hydrogen) atoms. The van der Waals surface area contributed by atoms with Gasteiger partial charge in [-0.15, -0.1) is 10.2 Å². The van der Waals surface area contributed by atoms with Gasteiger partial charge in [0.1, 0.15) is 12.4 Å². The Balaban J connectivity index is 2.32. The summed E-state index contributed by atoms with van der Waals surface area (Å²) in [7, 11) is 0. The van der Waals surface area contributed by atoms with Gasteiger partial charge in [0.25, 0.3) is 5.91 Å². The number of primary amides is 1. The minimum atomic E-state index is -0.508. The Hall–Kier alpha value is -2.22. The highest BCUT2D eigenvalue weighted by molar-refractivity contribution is 5.92. The molecule has 1 rings (SSSR count). The van der Waals surface area contributed by atoms with Gasteiger partial charge in [-0.25, -0.2) is 0 Å². The molecule has 0 aliphatic rings. The summed E-state index contributed by atoms with van der Waals surface area (Å²) in [6, 6.07) is 3.22. The van der Waals surface area contributed by atoms with Crippen LogP contribution in [0.5, 0.6) is 0 Å². The summed E-state index contributed by atoms with van der Waals surface area (Å²) in [6.07, 6.45) is 0. The van der Waals surface area contributed by atoms with Crippen molar-refractivity contribution in [1.82, 2.24) is 15.5 Å². The number of hydrogen-bond acceptors (Lipinski definition) is 6. The van der Waals surface area contributed by atoms with Gasteiger partial charge < -0.3 is 21.1 Å². The fourth-order valence-electron chi connectivity index (χ4n) is 1.22. The van der Waals surface area contributed by atoms with Gasteiger partial charge in [0.15, 0.2) is 5.69 Å². The molecule has 1 aromatic rings. The van der Waals surface area contributed by atoms with Crippen LogP contribution in [-0.2, 0) is 9.53 Å². The van der Waals surface area contributed by atoms with Crippen molar-refractivity contribution in [3.05, 3.63) is 17.8 Å². The molecule has 1 aromatic heterocycles. The zero-order valence-electron chi connectivity index (χ0n) is 10.7. The molecule has 0 atom stereocenters. The number of rotatable bonds is 8. The lowest BCUT2D eigenvalue weighted by Crippen LogP contribution is -2.24. The van der Waals surface area contributed by atoms with Crippen LogP contribution < -0.4 is 16.4 Å². The number of nitrogens with zero attached hydrogens (tertiary/aromatic N) is 2. The molecule has 0 saturated heterocycles. The van der Waals surface area contributed by atoms with E-state index in [0.29, 0.717) is 25.5 Å². The number of ether oxygens (including phenoxy) is 1. The number of amides is 2. The average molecular weight is 267 g/mol. The van der Waals surface area contributed by atoms with Gasteiger partial charge in [-0.1, -0.05) is 0 Å².